The van der Waals surface area contributed by atoms with Gasteiger partial charge in [0.25, 0.3) is 0 Å². The number of fused-ring (bicyclic) bond motifs is 5. The smallest absolute Gasteiger partial charge is 0.164 e. The fraction of sp³-hybridized carbons (Fsp3) is 0. The van der Waals surface area contributed by atoms with Crippen LogP contribution >= 0.6 is 11.3 Å². The molecule has 0 bridgehead atoms. The van der Waals surface area contributed by atoms with Gasteiger partial charge in [-0.1, -0.05) is 121 Å². The maximum atomic E-state index is 5.01. The van der Waals surface area contributed by atoms with Crippen LogP contribution in [0.4, 0.5) is 0 Å². The van der Waals surface area contributed by atoms with E-state index in [1.54, 1.807) is 0 Å². The lowest BCUT2D eigenvalue weighted by Crippen LogP contribution is -2.00. The summed E-state index contributed by atoms with van der Waals surface area (Å²) in [6.07, 6.45) is 0. The van der Waals surface area contributed by atoms with E-state index < -0.39 is 0 Å². The normalized spacial score (nSPS) is 11.5. The molecule has 0 aliphatic heterocycles. The van der Waals surface area contributed by atoms with E-state index in [9.17, 15) is 0 Å². The Morgan fingerprint density at radius 1 is 0.413 bits per heavy atom. The lowest BCUT2D eigenvalue weighted by molar-refractivity contribution is 1.07. The summed E-state index contributed by atoms with van der Waals surface area (Å²) in [4.78, 5) is 14.9. The highest BCUT2D eigenvalue weighted by molar-refractivity contribution is 7.26. The van der Waals surface area contributed by atoms with Crippen LogP contribution < -0.4 is 0 Å². The van der Waals surface area contributed by atoms with E-state index in [2.05, 4.69) is 102 Å². The maximum Gasteiger partial charge on any atom is 0.164 e. The second kappa shape index (κ2) is 10.9. The second-order valence-electron chi connectivity index (χ2n) is 11.3. The molecule has 216 valence electrons. The molecule has 0 N–H and O–H groups in total. The predicted molar refractivity (Wildman–Crippen MR) is 191 cm³/mol. The van der Waals surface area contributed by atoms with Crippen molar-refractivity contribution in [2.45, 2.75) is 0 Å². The molecule has 0 spiro atoms. The molecule has 9 rings (SSSR count). The molecule has 3 aromatic heterocycles. The molecule has 0 aliphatic rings. The third kappa shape index (κ3) is 4.48. The van der Waals surface area contributed by atoms with Gasteiger partial charge >= 0.3 is 0 Å². The molecule has 0 aliphatic carbocycles. The first-order valence-electron chi connectivity index (χ1n) is 15.3. The molecule has 5 heteroatoms. The van der Waals surface area contributed by atoms with Crippen LogP contribution in [0.25, 0.3) is 82.2 Å². The van der Waals surface area contributed by atoms with Gasteiger partial charge in [0.15, 0.2) is 17.5 Å². The average molecular weight is 607 g/mol. The van der Waals surface area contributed by atoms with E-state index in [0.29, 0.717) is 17.5 Å². The first kappa shape index (κ1) is 26.5. The van der Waals surface area contributed by atoms with Gasteiger partial charge in [0.05, 0.1) is 15.7 Å². The Labute approximate surface area is 269 Å². The van der Waals surface area contributed by atoms with Crippen molar-refractivity contribution >= 4 is 42.5 Å². The molecular weight excluding hydrogens is 581 g/mol. The highest BCUT2D eigenvalue weighted by atomic mass is 32.1. The topological polar surface area (TPSA) is 43.6 Å². The van der Waals surface area contributed by atoms with Crippen LogP contribution in [-0.4, -0.2) is 19.5 Å². The Bertz CT molecular complexity index is 2460. The molecule has 9 aromatic rings. The largest absolute Gasteiger partial charge is 0.308 e. The van der Waals surface area contributed by atoms with E-state index in [0.717, 1.165) is 27.9 Å². The molecule has 0 amide bonds. The molecule has 6 aromatic carbocycles. The minimum absolute atomic E-state index is 0.655. The number of hydrogen-bond acceptors (Lipinski definition) is 4. The monoisotopic (exact) mass is 606 g/mol. The quantitative estimate of drug-likeness (QED) is 0.196. The van der Waals surface area contributed by atoms with E-state index in [-0.39, 0.29) is 0 Å². The van der Waals surface area contributed by atoms with Crippen molar-refractivity contribution in [3.8, 4) is 51.0 Å². The molecule has 0 unspecified atom stereocenters. The average Bonchev–Trinajstić information content (AvgIpc) is 3.67. The molecule has 4 nitrogen and oxygen atoms in total. The summed E-state index contributed by atoms with van der Waals surface area (Å²) >= 11 is 1.84. The summed E-state index contributed by atoms with van der Waals surface area (Å²) in [5, 5.41) is 2.44. The van der Waals surface area contributed by atoms with Gasteiger partial charge < -0.3 is 4.57 Å². The van der Waals surface area contributed by atoms with Gasteiger partial charge in [0.2, 0.25) is 0 Å². The summed E-state index contributed by atoms with van der Waals surface area (Å²) in [5.74, 6) is 1.97. The summed E-state index contributed by atoms with van der Waals surface area (Å²) in [6.45, 7) is 0. The number of aromatic nitrogens is 4. The van der Waals surface area contributed by atoms with Crippen molar-refractivity contribution < 1.29 is 0 Å². The van der Waals surface area contributed by atoms with Gasteiger partial charge in [-0.2, -0.15) is 0 Å². The minimum Gasteiger partial charge on any atom is -0.308 e. The number of nitrogens with zero attached hydrogens (tertiary/aromatic N) is 4. The Kier molecular flexibility index (Phi) is 6.28. The number of rotatable bonds is 5. The third-order valence-electron chi connectivity index (χ3n) is 8.44. The maximum absolute atomic E-state index is 5.01. The van der Waals surface area contributed by atoms with Crippen molar-refractivity contribution in [3.63, 3.8) is 0 Å². The van der Waals surface area contributed by atoms with Gasteiger partial charge in [-0.05, 0) is 47.5 Å². The highest BCUT2D eigenvalue weighted by Gasteiger charge is 2.20. The number of benzene rings is 6. The summed E-state index contributed by atoms with van der Waals surface area (Å²) in [6, 6.07) is 54.9. The van der Waals surface area contributed by atoms with E-state index in [4.69, 9.17) is 15.0 Å². The van der Waals surface area contributed by atoms with Gasteiger partial charge in [-0.25, -0.2) is 15.0 Å². The Morgan fingerprint density at radius 3 is 1.65 bits per heavy atom. The van der Waals surface area contributed by atoms with Gasteiger partial charge in [-0.15, -0.1) is 11.3 Å². The van der Waals surface area contributed by atoms with Crippen LogP contribution in [-0.2, 0) is 0 Å². The Hall–Kier alpha value is -5.91. The fourth-order valence-corrected chi connectivity index (χ4v) is 7.48. The van der Waals surface area contributed by atoms with Crippen molar-refractivity contribution in [2.75, 3.05) is 0 Å². The van der Waals surface area contributed by atoms with Gasteiger partial charge in [-0.3, -0.25) is 0 Å². The van der Waals surface area contributed by atoms with Crippen LogP contribution in [0, 0.1) is 0 Å². The van der Waals surface area contributed by atoms with E-state index in [1.165, 1.54) is 36.8 Å². The zero-order valence-electron chi connectivity index (χ0n) is 24.7. The fourth-order valence-electron chi connectivity index (χ4n) is 6.27. The predicted octanol–water partition coefficient (Wildman–Crippen LogP) is 10.9. The molecule has 46 heavy (non-hydrogen) atoms. The van der Waals surface area contributed by atoms with Crippen LogP contribution in [0.15, 0.2) is 158 Å². The number of thiophene rings is 1. The zero-order valence-corrected chi connectivity index (χ0v) is 25.5. The van der Waals surface area contributed by atoms with Crippen LogP contribution in [0.3, 0.4) is 0 Å². The van der Waals surface area contributed by atoms with Crippen LogP contribution in [0.5, 0.6) is 0 Å². The first-order chi connectivity index (χ1) is 22.8. The highest BCUT2D eigenvalue weighted by Crippen LogP contribution is 2.43. The molecule has 0 saturated heterocycles. The zero-order chi connectivity index (χ0) is 30.5. The van der Waals surface area contributed by atoms with Crippen LogP contribution in [0.1, 0.15) is 0 Å². The molecule has 0 fully saturated rings. The van der Waals surface area contributed by atoms with Gasteiger partial charge in [0.1, 0.15) is 0 Å². The summed E-state index contributed by atoms with van der Waals surface area (Å²) in [7, 11) is 0. The minimum atomic E-state index is 0.655. The molecule has 3 heterocycles. The van der Waals surface area contributed by atoms with E-state index in [1.807, 2.05) is 72.0 Å². The van der Waals surface area contributed by atoms with E-state index >= 15 is 0 Å². The van der Waals surface area contributed by atoms with Crippen molar-refractivity contribution in [3.05, 3.63) is 158 Å². The summed E-state index contributed by atoms with van der Waals surface area (Å²) < 4.78 is 4.94. The Morgan fingerprint density at radius 2 is 0.978 bits per heavy atom. The standard InChI is InChI=1S/C41H26N4S/c1-4-13-27(14-5-1)30-19-12-20-32(25-30)45-35-24-23-31(26-34(35)38-37(45)33-21-10-11-22-36(33)46-38)41-43-39(28-15-6-2-7-16-28)42-40(44-41)29-17-8-3-9-18-29/h1-26H. The number of hydrogen-bond donors (Lipinski definition) is 0. The first-order valence-corrected chi connectivity index (χ1v) is 16.1. The molecule has 0 atom stereocenters. The summed E-state index contributed by atoms with van der Waals surface area (Å²) in [5.41, 5.74) is 8.78. The molecule has 0 radical (unpaired) electrons. The second-order valence-corrected chi connectivity index (χ2v) is 12.4. The Balaban J connectivity index is 1.28. The van der Waals surface area contributed by atoms with Gasteiger partial charge in [0, 0.05) is 37.9 Å². The lowest BCUT2D eigenvalue weighted by atomic mass is 10.1. The SMILES string of the molecule is c1ccc(-c2cccc(-n3c4ccc(-c5nc(-c6ccccc6)nc(-c6ccccc6)n5)cc4c4sc5ccccc5c43)c2)cc1. The third-order valence-corrected chi connectivity index (χ3v) is 9.64. The van der Waals surface area contributed by atoms with Crippen molar-refractivity contribution in [1.82, 2.24) is 19.5 Å². The van der Waals surface area contributed by atoms with Crippen LogP contribution in [0.2, 0.25) is 0 Å². The molecular formula is C41H26N4S. The lowest BCUT2D eigenvalue weighted by Gasteiger charge is -2.11. The molecule has 0 saturated carbocycles. The van der Waals surface area contributed by atoms with Crippen molar-refractivity contribution in [2.24, 2.45) is 0 Å². The van der Waals surface area contributed by atoms with Crippen molar-refractivity contribution in [1.29, 1.82) is 0 Å².